The minimum absolute atomic E-state index is 0.818. The van der Waals surface area contributed by atoms with Gasteiger partial charge < -0.3 is 0 Å². The molecule has 0 aliphatic heterocycles. The fourth-order valence-corrected chi connectivity index (χ4v) is 3.42. The molecule has 0 aliphatic carbocycles. The summed E-state index contributed by atoms with van der Waals surface area (Å²) in [4.78, 5) is 0. The van der Waals surface area contributed by atoms with Crippen molar-refractivity contribution in [2.75, 3.05) is 0 Å². The van der Waals surface area contributed by atoms with Crippen LogP contribution in [-0.2, 0) is 0 Å². The zero-order valence-corrected chi connectivity index (χ0v) is 13.6. The highest BCUT2D eigenvalue weighted by Crippen LogP contribution is 2.39. The molecule has 0 nitrogen and oxygen atoms in total. The molecule has 0 heterocycles. The molecule has 104 valence electrons. The monoisotopic (exact) mass is 240 g/mol. The predicted molar refractivity (Wildman–Crippen MR) is 80.2 cm³/mol. The summed E-state index contributed by atoms with van der Waals surface area (Å²) in [7, 11) is 0. The Morgan fingerprint density at radius 3 is 1.29 bits per heavy atom. The molecule has 0 saturated heterocycles. The van der Waals surface area contributed by atoms with E-state index in [0.717, 1.165) is 35.5 Å². The van der Waals surface area contributed by atoms with Gasteiger partial charge in [0.05, 0.1) is 0 Å². The molecular formula is C17H36. The minimum atomic E-state index is 0.818. The van der Waals surface area contributed by atoms with Crippen LogP contribution in [0.1, 0.15) is 74.7 Å². The van der Waals surface area contributed by atoms with Gasteiger partial charge in [-0.3, -0.25) is 0 Å². The van der Waals surface area contributed by atoms with Gasteiger partial charge in [-0.05, 0) is 35.5 Å². The van der Waals surface area contributed by atoms with Crippen LogP contribution in [0.3, 0.4) is 0 Å². The highest BCUT2D eigenvalue weighted by Gasteiger charge is 2.31. The van der Waals surface area contributed by atoms with E-state index in [1.54, 1.807) is 0 Å². The van der Waals surface area contributed by atoms with E-state index in [-0.39, 0.29) is 0 Å². The van der Waals surface area contributed by atoms with Gasteiger partial charge in [0.2, 0.25) is 0 Å². The molecule has 0 fully saturated rings. The lowest BCUT2D eigenvalue weighted by Crippen LogP contribution is -2.31. The average molecular weight is 240 g/mol. The first-order chi connectivity index (χ1) is 7.90. The number of hydrogen-bond acceptors (Lipinski definition) is 0. The van der Waals surface area contributed by atoms with Crippen molar-refractivity contribution in [3.05, 3.63) is 0 Å². The van der Waals surface area contributed by atoms with Crippen molar-refractivity contribution in [2.24, 2.45) is 35.5 Å². The van der Waals surface area contributed by atoms with Crippen LogP contribution < -0.4 is 0 Å². The van der Waals surface area contributed by atoms with Crippen LogP contribution in [-0.4, -0.2) is 0 Å². The Bertz CT molecular complexity index is 182. The lowest BCUT2D eigenvalue weighted by atomic mass is 9.67. The number of rotatable bonds is 8. The van der Waals surface area contributed by atoms with Crippen LogP contribution in [0.15, 0.2) is 0 Å². The highest BCUT2D eigenvalue weighted by molar-refractivity contribution is 4.80. The Morgan fingerprint density at radius 2 is 1.00 bits per heavy atom. The molecule has 0 amide bonds. The molecule has 0 saturated carbocycles. The molecule has 5 atom stereocenters. The lowest BCUT2D eigenvalue weighted by molar-refractivity contribution is 0.108. The third-order valence-electron chi connectivity index (χ3n) is 5.44. The Hall–Kier alpha value is 0. The summed E-state index contributed by atoms with van der Waals surface area (Å²) in [6.07, 6.45) is 4.02. The summed E-state index contributed by atoms with van der Waals surface area (Å²) < 4.78 is 0. The van der Waals surface area contributed by atoms with Crippen molar-refractivity contribution in [1.82, 2.24) is 0 Å². The van der Waals surface area contributed by atoms with Gasteiger partial charge in [0, 0.05) is 0 Å². The van der Waals surface area contributed by atoms with E-state index in [1.165, 1.54) is 19.3 Å². The second-order valence-corrected chi connectivity index (χ2v) is 6.49. The maximum Gasteiger partial charge on any atom is -0.0358 e. The van der Waals surface area contributed by atoms with Crippen LogP contribution in [0.25, 0.3) is 0 Å². The van der Waals surface area contributed by atoms with Crippen molar-refractivity contribution in [2.45, 2.75) is 74.7 Å². The van der Waals surface area contributed by atoms with Gasteiger partial charge in [0.15, 0.2) is 0 Å². The smallest absolute Gasteiger partial charge is 0.0358 e. The van der Waals surface area contributed by atoms with E-state index in [2.05, 4.69) is 55.4 Å². The van der Waals surface area contributed by atoms with Crippen molar-refractivity contribution in [1.29, 1.82) is 0 Å². The van der Waals surface area contributed by atoms with Gasteiger partial charge in [-0.1, -0.05) is 74.7 Å². The molecule has 0 aliphatic rings. The Kier molecular flexibility index (Phi) is 8.16. The molecule has 0 aromatic rings. The highest BCUT2D eigenvalue weighted by atomic mass is 14.4. The molecule has 0 aromatic carbocycles. The Labute approximate surface area is 111 Å². The predicted octanol–water partition coefficient (Wildman–Crippen LogP) is 6.01. The second-order valence-electron chi connectivity index (χ2n) is 6.49. The largest absolute Gasteiger partial charge is 0.0651 e. The minimum Gasteiger partial charge on any atom is -0.0651 e. The van der Waals surface area contributed by atoms with Gasteiger partial charge in [0.25, 0.3) is 0 Å². The molecule has 0 rings (SSSR count). The summed E-state index contributed by atoms with van der Waals surface area (Å²) in [5.41, 5.74) is 0. The lowest BCUT2D eigenvalue weighted by Gasteiger charge is -2.38. The topological polar surface area (TPSA) is 0 Å². The van der Waals surface area contributed by atoms with E-state index in [4.69, 9.17) is 0 Å². The first-order valence-electron chi connectivity index (χ1n) is 7.90. The standard InChI is InChI=1S/C17H36/c1-9-13(6)15(8)17(11-3)16(10-2)14(7)12(4)5/h12-17H,9-11H2,1-8H3. The van der Waals surface area contributed by atoms with Gasteiger partial charge in [-0.2, -0.15) is 0 Å². The van der Waals surface area contributed by atoms with E-state index in [1.807, 2.05) is 0 Å². The van der Waals surface area contributed by atoms with Crippen LogP contribution >= 0.6 is 0 Å². The van der Waals surface area contributed by atoms with Crippen LogP contribution in [0.5, 0.6) is 0 Å². The first-order valence-corrected chi connectivity index (χ1v) is 7.90. The number of hydrogen-bond donors (Lipinski definition) is 0. The van der Waals surface area contributed by atoms with E-state index in [0.29, 0.717) is 0 Å². The van der Waals surface area contributed by atoms with E-state index in [9.17, 15) is 0 Å². The van der Waals surface area contributed by atoms with Gasteiger partial charge in [-0.15, -0.1) is 0 Å². The maximum absolute atomic E-state index is 2.48. The van der Waals surface area contributed by atoms with Crippen molar-refractivity contribution in [3.63, 3.8) is 0 Å². The Morgan fingerprint density at radius 1 is 0.588 bits per heavy atom. The summed E-state index contributed by atoms with van der Waals surface area (Å²) in [6, 6.07) is 0. The van der Waals surface area contributed by atoms with Crippen LogP contribution in [0, 0.1) is 35.5 Å². The molecule has 0 spiro atoms. The van der Waals surface area contributed by atoms with Crippen molar-refractivity contribution >= 4 is 0 Å². The first kappa shape index (κ1) is 17.0. The van der Waals surface area contributed by atoms with Gasteiger partial charge in [0.1, 0.15) is 0 Å². The fourth-order valence-electron chi connectivity index (χ4n) is 3.42. The fraction of sp³-hybridized carbons (Fsp3) is 1.00. The molecule has 5 unspecified atom stereocenters. The SMILES string of the molecule is CCC(C)C(C)C(CC)C(CC)C(C)C(C)C. The molecular weight excluding hydrogens is 204 g/mol. The molecule has 0 N–H and O–H groups in total. The summed E-state index contributed by atoms with van der Waals surface area (Å²) in [5, 5.41) is 0. The van der Waals surface area contributed by atoms with Crippen LogP contribution in [0.4, 0.5) is 0 Å². The summed E-state index contributed by atoms with van der Waals surface area (Å²) in [6.45, 7) is 19.3. The molecule has 17 heavy (non-hydrogen) atoms. The Balaban J connectivity index is 4.80. The molecule has 0 bridgehead atoms. The van der Waals surface area contributed by atoms with Crippen molar-refractivity contribution < 1.29 is 0 Å². The van der Waals surface area contributed by atoms with E-state index >= 15 is 0 Å². The second kappa shape index (κ2) is 8.16. The third kappa shape index (κ3) is 4.64. The summed E-state index contributed by atoms with van der Waals surface area (Å²) >= 11 is 0. The molecule has 0 radical (unpaired) electrons. The molecule has 0 heteroatoms. The average Bonchev–Trinajstić information content (AvgIpc) is 2.32. The van der Waals surface area contributed by atoms with E-state index < -0.39 is 0 Å². The van der Waals surface area contributed by atoms with Gasteiger partial charge >= 0.3 is 0 Å². The normalized spacial score (nSPS) is 21.0. The maximum atomic E-state index is 2.48. The van der Waals surface area contributed by atoms with Crippen LogP contribution in [0.2, 0.25) is 0 Å². The van der Waals surface area contributed by atoms with Crippen molar-refractivity contribution in [3.8, 4) is 0 Å². The molecule has 0 aromatic heterocycles. The third-order valence-corrected chi connectivity index (χ3v) is 5.44. The quantitative estimate of drug-likeness (QED) is 0.487. The zero-order valence-electron chi connectivity index (χ0n) is 13.6. The zero-order chi connectivity index (χ0) is 13.6. The summed E-state index contributed by atoms with van der Waals surface area (Å²) in [5.74, 6) is 5.23. The van der Waals surface area contributed by atoms with Gasteiger partial charge in [-0.25, -0.2) is 0 Å².